The fourth-order valence-corrected chi connectivity index (χ4v) is 3.54. The molecule has 5 heteroatoms. The largest absolute Gasteiger partial charge is 0.493 e. The smallest absolute Gasteiger partial charge is 0.182 e. The zero-order valence-corrected chi connectivity index (χ0v) is 17.2. The standard InChI is InChI=1S/C23H28N2O3/c1-15-22(18-8-6-7-9-19(18)24-15)23(26)16(2)25(3)13-12-17-10-11-20(27-4)21(14-17)28-5/h6-11,14,16,24H,12-13H2,1-5H3/t16-/m0/s1. The maximum Gasteiger partial charge on any atom is 0.182 e. The van der Waals surface area contributed by atoms with Crippen molar-refractivity contribution >= 4 is 16.7 Å². The number of methoxy groups -OCH3 is 2. The number of fused-ring (bicyclic) bond motifs is 1. The van der Waals surface area contributed by atoms with E-state index in [0.29, 0.717) is 0 Å². The van der Waals surface area contributed by atoms with Crippen molar-refractivity contribution in [3.63, 3.8) is 0 Å². The number of ether oxygens (including phenoxy) is 2. The van der Waals surface area contributed by atoms with Crippen molar-refractivity contribution < 1.29 is 14.3 Å². The average molecular weight is 380 g/mol. The number of aromatic nitrogens is 1. The van der Waals surface area contributed by atoms with E-state index in [1.165, 1.54) is 0 Å². The fourth-order valence-electron chi connectivity index (χ4n) is 3.54. The minimum Gasteiger partial charge on any atom is -0.493 e. The lowest BCUT2D eigenvalue weighted by atomic mass is 10.0. The molecule has 0 saturated carbocycles. The van der Waals surface area contributed by atoms with Crippen molar-refractivity contribution in [1.82, 2.24) is 9.88 Å². The quantitative estimate of drug-likeness (QED) is 0.594. The van der Waals surface area contributed by atoms with Gasteiger partial charge >= 0.3 is 0 Å². The van der Waals surface area contributed by atoms with Gasteiger partial charge < -0.3 is 14.5 Å². The summed E-state index contributed by atoms with van der Waals surface area (Å²) in [6.07, 6.45) is 0.821. The average Bonchev–Trinajstić information content (AvgIpc) is 3.06. The van der Waals surface area contributed by atoms with Gasteiger partial charge in [0.05, 0.1) is 20.3 Å². The van der Waals surface area contributed by atoms with Crippen LogP contribution in [-0.4, -0.2) is 49.5 Å². The first kappa shape index (κ1) is 20.0. The van der Waals surface area contributed by atoms with E-state index in [1.807, 2.05) is 63.4 Å². The third-order valence-corrected chi connectivity index (χ3v) is 5.38. The molecule has 2 aromatic carbocycles. The lowest BCUT2D eigenvalue weighted by Gasteiger charge is -2.24. The van der Waals surface area contributed by atoms with Gasteiger partial charge in [-0.15, -0.1) is 0 Å². The number of hydrogen-bond acceptors (Lipinski definition) is 4. The van der Waals surface area contributed by atoms with E-state index in [0.717, 1.165) is 52.2 Å². The molecule has 148 valence electrons. The molecule has 0 amide bonds. The molecule has 3 rings (SSSR count). The Kier molecular flexibility index (Phi) is 6.05. The van der Waals surface area contributed by atoms with Crippen LogP contribution in [0.5, 0.6) is 11.5 Å². The Morgan fingerprint density at radius 1 is 1.11 bits per heavy atom. The van der Waals surface area contributed by atoms with E-state index in [-0.39, 0.29) is 11.8 Å². The van der Waals surface area contributed by atoms with Gasteiger partial charge in [-0.3, -0.25) is 9.69 Å². The van der Waals surface area contributed by atoms with Crippen molar-refractivity contribution in [1.29, 1.82) is 0 Å². The molecule has 28 heavy (non-hydrogen) atoms. The fraction of sp³-hybridized carbons (Fsp3) is 0.348. The third-order valence-electron chi connectivity index (χ3n) is 5.38. The molecule has 0 aliphatic carbocycles. The maximum atomic E-state index is 13.2. The summed E-state index contributed by atoms with van der Waals surface area (Å²) >= 11 is 0. The van der Waals surface area contributed by atoms with Gasteiger partial charge in [-0.25, -0.2) is 0 Å². The Morgan fingerprint density at radius 2 is 1.82 bits per heavy atom. The van der Waals surface area contributed by atoms with Crippen molar-refractivity contribution in [3.8, 4) is 11.5 Å². The van der Waals surface area contributed by atoms with E-state index >= 15 is 0 Å². The Morgan fingerprint density at radius 3 is 2.54 bits per heavy atom. The molecule has 0 aliphatic heterocycles. The number of benzene rings is 2. The molecule has 5 nitrogen and oxygen atoms in total. The van der Waals surface area contributed by atoms with E-state index in [9.17, 15) is 4.79 Å². The van der Waals surface area contributed by atoms with E-state index in [2.05, 4.69) is 9.88 Å². The summed E-state index contributed by atoms with van der Waals surface area (Å²) in [5, 5.41) is 0.991. The van der Waals surface area contributed by atoms with Crippen molar-refractivity contribution in [2.45, 2.75) is 26.3 Å². The van der Waals surface area contributed by atoms with Crippen LogP contribution >= 0.6 is 0 Å². The van der Waals surface area contributed by atoms with Crippen LogP contribution in [0.2, 0.25) is 0 Å². The molecular weight excluding hydrogens is 352 g/mol. The number of nitrogens with one attached hydrogen (secondary N) is 1. The molecule has 0 unspecified atom stereocenters. The molecule has 0 spiro atoms. The normalized spacial score (nSPS) is 12.4. The van der Waals surface area contributed by atoms with E-state index in [1.54, 1.807) is 14.2 Å². The van der Waals surface area contributed by atoms with Gasteiger partial charge in [0.2, 0.25) is 0 Å². The minimum absolute atomic E-state index is 0.143. The predicted molar refractivity (Wildman–Crippen MR) is 113 cm³/mol. The number of Topliss-reactive ketones (excluding diaryl/α,β-unsaturated/α-hetero) is 1. The highest BCUT2D eigenvalue weighted by molar-refractivity contribution is 6.11. The van der Waals surface area contributed by atoms with Gasteiger partial charge in [-0.2, -0.15) is 0 Å². The first-order valence-electron chi connectivity index (χ1n) is 9.49. The molecule has 1 N–H and O–H groups in total. The van der Waals surface area contributed by atoms with Gasteiger partial charge in [0.15, 0.2) is 17.3 Å². The van der Waals surface area contributed by atoms with Gasteiger partial charge in [0, 0.05) is 28.7 Å². The summed E-state index contributed by atoms with van der Waals surface area (Å²) in [6, 6.07) is 13.7. The van der Waals surface area contributed by atoms with Crippen molar-refractivity contribution in [2.24, 2.45) is 0 Å². The summed E-state index contributed by atoms with van der Waals surface area (Å²) in [6.45, 7) is 4.70. The first-order valence-corrected chi connectivity index (χ1v) is 9.49. The number of rotatable bonds is 8. The van der Waals surface area contributed by atoms with Gasteiger partial charge in [0.1, 0.15) is 0 Å². The zero-order valence-electron chi connectivity index (χ0n) is 17.2. The number of aryl methyl sites for hydroxylation is 1. The number of para-hydroxylation sites is 1. The van der Waals surface area contributed by atoms with Crippen LogP contribution in [0.25, 0.3) is 10.9 Å². The molecule has 0 bridgehead atoms. The third kappa shape index (κ3) is 3.90. The lowest BCUT2D eigenvalue weighted by molar-refractivity contribution is 0.0871. The van der Waals surface area contributed by atoms with Crippen LogP contribution in [0.15, 0.2) is 42.5 Å². The van der Waals surface area contributed by atoms with Crippen molar-refractivity contribution in [2.75, 3.05) is 27.8 Å². The second-order valence-corrected chi connectivity index (χ2v) is 7.13. The zero-order chi connectivity index (χ0) is 20.3. The van der Waals surface area contributed by atoms with Crippen molar-refractivity contribution in [3.05, 3.63) is 59.3 Å². The van der Waals surface area contributed by atoms with Crippen LogP contribution in [0.3, 0.4) is 0 Å². The number of hydrogen-bond donors (Lipinski definition) is 1. The number of aromatic amines is 1. The number of nitrogens with zero attached hydrogens (tertiary/aromatic N) is 1. The molecule has 3 aromatic rings. The molecular formula is C23H28N2O3. The molecule has 0 aliphatic rings. The summed E-state index contributed by atoms with van der Waals surface area (Å²) in [4.78, 5) is 18.6. The summed E-state index contributed by atoms with van der Waals surface area (Å²) in [7, 11) is 5.26. The first-order chi connectivity index (χ1) is 13.5. The van der Waals surface area contributed by atoms with E-state index < -0.39 is 0 Å². The highest BCUT2D eigenvalue weighted by Crippen LogP contribution is 2.28. The van der Waals surface area contributed by atoms with Crippen LogP contribution in [0, 0.1) is 6.92 Å². The topological polar surface area (TPSA) is 54.6 Å². The van der Waals surface area contributed by atoms with Gasteiger partial charge in [-0.05, 0) is 51.1 Å². The van der Waals surface area contributed by atoms with E-state index in [4.69, 9.17) is 9.47 Å². The summed E-state index contributed by atoms with van der Waals surface area (Å²) in [5.41, 5.74) is 3.86. The van der Waals surface area contributed by atoms with Gasteiger partial charge in [-0.1, -0.05) is 24.3 Å². The van der Waals surface area contributed by atoms with Crippen LogP contribution < -0.4 is 9.47 Å². The lowest BCUT2D eigenvalue weighted by Crippen LogP contribution is -2.37. The molecule has 0 fully saturated rings. The van der Waals surface area contributed by atoms with Crippen LogP contribution in [0.4, 0.5) is 0 Å². The second-order valence-electron chi connectivity index (χ2n) is 7.13. The number of carbonyl (C=O) groups is 1. The molecule has 0 saturated heterocycles. The minimum atomic E-state index is -0.210. The van der Waals surface area contributed by atoms with Crippen LogP contribution in [0.1, 0.15) is 28.5 Å². The highest BCUT2D eigenvalue weighted by Gasteiger charge is 2.24. The number of ketones is 1. The number of carbonyl (C=O) groups excluding carboxylic acids is 1. The second kappa shape index (κ2) is 8.48. The highest BCUT2D eigenvalue weighted by atomic mass is 16.5. The molecule has 1 heterocycles. The molecule has 1 atom stereocenters. The maximum absolute atomic E-state index is 13.2. The SMILES string of the molecule is COc1ccc(CCN(C)[C@@H](C)C(=O)c2c(C)[nH]c3ccccc23)cc1OC. The predicted octanol–water partition coefficient (Wildman–Crippen LogP) is 4.24. The monoisotopic (exact) mass is 380 g/mol. The Bertz CT molecular complexity index is 977. The van der Waals surface area contributed by atoms with Gasteiger partial charge in [0.25, 0.3) is 0 Å². The molecule has 0 radical (unpaired) electrons. The van der Waals surface area contributed by atoms with Crippen LogP contribution in [-0.2, 0) is 6.42 Å². The summed E-state index contributed by atoms with van der Waals surface area (Å²) in [5.74, 6) is 1.59. The number of H-pyrrole nitrogens is 1. The Balaban J connectivity index is 1.71. The molecule has 1 aromatic heterocycles. The Labute approximate surface area is 166 Å². The number of likely N-dealkylation sites (N-methyl/N-ethyl adjacent to an activating group) is 1. The Hall–Kier alpha value is -2.79. The summed E-state index contributed by atoms with van der Waals surface area (Å²) < 4.78 is 10.7.